The second-order valence-electron chi connectivity index (χ2n) is 8.58. The summed E-state index contributed by atoms with van der Waals surface area (Å²) >= 11 is 0. The van der Waals surface area contributed by atoms with Crippen molar-refractivity contribution in [3.05, 3.63) is 54.1 Å². The van der Waals surface area contributed by atoms with Gasteiger partial charge in [-0.3, -0.25) is 0 Å². The molecule has 1 N–H and O–H groups in total. The van der Waals surface area contributed by atoms with Gasteiger partial charge in [0.1, 0.15) is 0 Å². The van der Waals surface area contributed by atoms with Crippen molar-refractivity contribution in [1.82, 2.24) is 4.53 Å². The number of halogens is 18. The number of nitrogens with zero attached hydrogens (tertiary/aromatic N) is 1. The third-order valence-electron chi connectivity index (χ3n) is 5.84. The van der Waals surface area contributed by atoms with Crippen molar-refractivity contribution in [2.24, 2.45) is 0 Å². The first-order valence-corrected chi connectivity index (χ1v) is 11.9. The molecule has 0 aliphatic heterocycles. The lowest BCUT2D eigenvalue weighted by atomic mass is 9.90. The van der Waals surface area contributed by atoms with E-state index in [0.717, 1.165) is 30.3 Å². The van der Waals surface area contributed by atoms with E-state index in [1.54, 1.807) is 0 Å². The number of rotatable bonds is 10. The highest BCUT2D eigenvalue weighted by Gasteiger charge is 2.96. The Balaban J connectivity index is 2.70. The van der Waals surface area contributed by atoms with Gasteiger partial charge in [0.05, 0.1) is 0 Å². The second kappa shape index (κ2) is 10.2. The van der Waals surface area contributed by atoms with Gasteiger partial charge in [0.25, 0.3) is 0 Å². The van der Waals surface area contributed by atoms with Gasteiger partial charge in [-0.2, -0.15) is 74.6 Å². The predicted molar refractivity (Wildman–Crippen MR) is 106 cm³/mol. The molecule has 4 nitrogen and oxygen atoms in total. The third-order valence-corrected chi connectivity index (χ3v) is 7.47. The molecule has 0 aromatic heterocycles. The van der Waals surface area contributed by atoms with Crippen LogP contribution in [0.3, 0.4) is 0 Å². The summed E-state index contributed by atoms with van der Waals surface area (Å²) in [6.07, 6.45) is -7.52. The molecule has 1 aliphatic carbocycles. The fraction of sp³-hybridized carbons (Fsp3) is 0.500. The van der Waals surface area contributed by atoms with Crippen LogP contribution < -0.4 is 0 Å². The van der Waals surface area contributed by atoms with Crippen LogP contribution >= 0.6 is 0 Å². The first-order chi connectivity index (χ1) is 18.9. The zero-order chi connectivity index (χ0) is 34.1. The highest BCUT2D eigenvalue weighted by atomic mass is 32.2. The number of allylic oxidation sites excluding steroid dienone is 2. The Bertz CT molecular complexity index is 1370. The Morgan fingerprint density at radius 3 is 1.47 bits per heavy atom. The van der Waals surface area contributed by atoms with Gasteiger partial charge in [0.15, 0.2) is 5.72 Å². The minimum absolute atomic E-state index is 0.480. The molecule has 43 heavy (non-hydrogen) atoms. The van der Waals surface area contributed by atoms with Crippen molar-refractivity contribution in [1.29, 1.82) is 0 Å². The van der Waals surface area contributed by atoms with E-state index in [4.69, 9.17) is 0 Å². The normalized spacial score (nSPS) is 20.4. The number of sulfonamides is 1. The van der Waals surface area contributed by atoms with E-state index in [9.17, 15) is 92.6 Å². The molecule has 0 heterocycles. The number of alkyl halides is 17. The van der Waals surface area contributed by atoms with Crippen molar-refractivity contribution >= 4 is 15.6 Å². The largest absolute Gasteiger partial charge is 0.460 e. The van der Waals surface area contributed by atoms with Crippen molar-refractivity contribution in [2.75, 3.05) is 0 Å². The molecule has 0 saturated carbocycles. The first kappa shape index (κ1) is 36.5. The summed E-state index contributed by atoms with van der Waals surface area (Å²) in [4.78, 5) is 0. The first-order valence-electron chi connectivity index (χ1n) is 10.4. The van der Waals surface area contributed by atoms with E-state index in [-0.39, 0.29) is 0 Å². The van der Waals surface area contributed by atoms with E-state index in [1.165, 1.54) is 6.07 Å². The van der Waals surface area contributed by atoms with Crippen LogP contribution in [0.5, 0.6) is 0 Å². The predicted octanol–water partition coefficient (Wildman–Crippen LogP) is 7.20. The molecular formula is C20H11F18NO3S. The van der Waals surface area contributed by atoms with Crippen LogP contribution in [0.15, 0.2) is 48.6 Å². The number of hydrogen-bond acceptors (Lipinski definition) is 3. The Morgan fingerprint density at radius 1 is 0.651 bits per heavy atom. The lowest BCUT2D eigenvalue weighted by Gasteiger charge is -2.43. The van der Waals surface area contributed by atoms with Crippen LogP contribution in [0.1, 0.15) is 12.0 Å². The summed E-state index contributed by atoms with van der Waals surface area (Å²) < 4.78 is 266. The molecule has 1 unspecified atom stereocenters. The van der Waals surface area contributed by atoms with E-state index in [0.29, 0.717) is 12.2 Å². The molecule has 0 fully saturated rings. The summed E-state index contributed by atoms with van der Waals surface area (Å²) in [7, 11) is -8.39. The van der Waals surface area contributed by atoms with Gasteiger partial charge in [0.2, 0.25) is 0 Å². The third kappa shape index (κ3) is 4.75. The summed E-state index contributed by atoms with van der Waals surface area (Å²) in [6.45, 7) is 0. The van der Waals surface area contributed by atoms with Crippen LogP contribution in [-0.2, 0) is 10.0 Å². The minimum Gasteiger partial charge on any atom is -0.368 e. The summed E-state index contributed by atoms with van der Waals surface area (Å²) in [6, 6.07) is 5.19. The molecular weight excluding hydrogens is 676 g/mol. The quantitative estimate of drug-likeness (QED) is 0.161. The second-order valence-corrected chi connectivity index (χ2v) is 10.4. The highest BCUT2D eigenvalue weighted by Crippen LogP contribution is 2.64. The Morgan fingerprint density at radius 2 is 1.05 bits per heavy atom. The van der Waals surface area contributed by atoms with Crippen molar-refractivity contribution in [2.45, 2.75) is 59.1 Å². The average Bonchev–Trinajstić information content (AvgIpc) is 2.87. The average molecular weight is 687 g/mol. The molecule has 1 aromatic carbocycles. The van der Waals surface area contributed by atoms with Crippen molar-refractivity contribution < 1.29 is 92.6 Å². The number of hydrogen-bond donors (Lipinski definition) is 1. The van der Waals surface area contributed by atoms with Crippen LogP contribution in [0.2, 0.25) is 0 Å². The minimum atomic E-state index is -9.07. The molecule has 0 amide bonds. The Hall–Kier alpha value is -2.69. The SMILES string of the molecule is O=S(=O)(N(F)C1(O)CC=CC=C1c1ccccc1)C(F)(F)C(F)(F)C(F)(F)C(F)(F)C(F)(F)C(F)(F)C(F)(F)C(F)(F)F. The van der Waals surface area contributed by atoms with Crippen LogP contribution in [0.4, 0.5) is 79.1 Å². The van der Waals surface area contributed by atoms with E-state index < -0.39 is 84.8 Å². The van der Waals surface area contributed by atoms with Crippen LogP contribution in [0.25, 0.3) is 5.57 Å². The van der Waals surface area contributed by atoms with Gasteiger partial charge in [-0.15, -0.1) is 4.48 Å². The molecule has 2 rings (SSSR count). The van der Waals surface area contributed by atoms with Crippen molar-refractivity contribution in [3.8, 4) is 0 Å². The monoisotopic (exact) mass is 687 g/mol. The lowest BCUT2D eigenvalue weighted by Crippen LogP contribution is -2.75. The standard InChI is InChI=1S/C20H11F18NO3S/c21-13(22,15(25,26)17(29,30)19(33,34)35)14(23,24)16(27,28)18(31,32)20(36,37)43(41,42)39(38)12(40)9-5-4-8-11(12)10-6-2-1-3-7-10/h1-8,40H,9H2. The van der Waals surface area contributed by atoms with Gasteiger partial charge >= 0.3 is 57.0 Å². The molecule has 23 heteroatoms. The maximum Gasteiger partial charge on any atom is 0.460 e. The van der Waals surface area contributed by atoms with Gasteiger partial charge in [-0.1, -0.05) is 48.6 Å². The zero-order valence-electron chi connectivity index (χ0n) is 19.7. The smallest absolute Gasteiger partial charge is 0.368 e. The number of benzene rings is 1. The summed E-state index contributed by atoms with van der Waals surface area (Å²) in [5, 5.41) is 2.34. The summed E-state index contributed by atoms with van der Waals surface area (Å²) in [5.41, 5.74) is -5.71. The lowest BCUT2D eigenvalue weighted by molar-refractivity contribution is -0.458. The van der Waals surface area contributed by atoms with Crippen LogP contribution in [-0.4, -0.2) is 70.7 Å². The van der Waals surface area contributed by atoms with Gasteiger partial charge < -0.3 is 5.11 Å². The molecule has 0 saturated heterocycles. The van der Waals surface area contributed by atoms with Gasteiger partial charge in [-0.05, 0) is 5.56 Å². The Kier molecular flexibility index (Phi) is 8.63. The fourth-order valence-corrected chi connectivity index (χ4v) is 4.59. The maximum atomic E-state index is 15.0. The number of aliphatic hydroxyl groups is 1. The van der Waals surface area contributed by atoms with E-state index in [1.807, 2.05) is 0 Å². The molecule has 0 radical (unpaired) electrons. The maximum absolute atomic E-state index is 15.0. The zero-order valence-corrected chi connectivity index (χ0v) is 20.6. The Labute approximate surface area is 226 Å². The van der Waals surface area contributed by atoms with E-state index >= 15 is 0 Å². The molecule has 0 bridgehead atoms. The molecule has 0 spiro atoms. The molecule has 246 valence electrons. The molecule has 1 aliphatic rings. The summed E-state index contributed by atoms with van der Waals surface area (Å²) in [5.74, 6) is -53.0. The molecule has 1 aromatic rings. The molecule has 1 atom stereocenters. The highest BCUT2D eigenvalue weighted by molar-refractivity contribution is 7.90. The van der Waals surface area contributed by atoms with Gasteiger partial charge in [0, 0.05) is 16.5 Å². The van der Waals surface area contributed by atoms with E-state index in [2.05, 4.69) is 0 Å². The van der Waals surface area contributed by atoms with Gasteiger partial charge in [-0.25, -0.2) is 8.42 Å². The van der Waals surface area contributed by atoms with Crippen molar-refractivity contribution in [3.63, 3.8) is 0 Å². The topological polar surface area (TPSA) is 57.6 Å². The fourth-order valence-electron chi connectivity index (χ4n) is 3.36. The van der Waals surface area contributed by atoms with Crippen LogP contribution in [0, 0.1) is 0 Å².